The molecule has 4 nitrogen and oxygen atoms in total. The number of hydrogen-bond acceptors (Lipinski definition) is 3. The van der Waals surface area contributed by atoms with Crippen molar-refractivity contribution in [1.29, 1.82) is 0 Å². The Balaban J connectivity index is 2.27. The van der Waals surface area contributed by atoms with Crippen molar-refractivity contribution in [3.63, 3.8) is 0 Å². The van der Waals surface area contributed by atoms with Crippen molar-refractivity contribution in [2.24, 2.45) is 5.73 Å². The van der Waals surface area contributed by atoms with Crippen molar-refractivity contribution in [3.8, 4) is 0 Å². The first-order valence-electron chi connectivity index (χ1n) is 5.75. The Morgan fingerprint density at radius 2 is 2.19 bits per heavy atom. The molecule has 1 aromatic rings. The van der Waals surface area contributed by atoms with Crippen LogP contribution in [-0.4, -0.2) is 24.5 Å². The van der Waals surface area contributed by atoms with Gasteiger partial charge in [0.25, 0.3) is 0 Å². The van der Waals surface area contributed by atoms with Gasteiger partial charge in [-0.05, 0) is 19.0 Å². The van der Waals surface area contributed by atoms with Crippen LogP contribution in [0.1, 0.15) is 18.7 Å². The maximum atomic E-state index is 5.73. The summed E-state index contributed by atoms with van der Waals surface area (Å²) in [6.07, 6.45) is 1.91. The van der Waals surface area contributed by atoms with Gasteiger partial charge in [0, 0.05) is 26.9 Å². The van der Waals surface area contributed by atoms with Gasteiger partial charge in [-0.25, -0.2) is 4.68 Å². The molecule has 16 heavy (non-hydrogen) atoms. The highest BCUT2D eigenvalue weighted by Gasteiger charge is 2.12. The maximum absolute atomic E-state index is 5.73. The largest absolute Gasteiger partial charge is 0.360 e. The van der Waals surface area contributed by atoms with E-state index in [0.717, 1.165) is 12.3 Å². The van der Waals surface area contributed by atoms with Crippen LogP contribution in [0, 0.1) is 0 Å². The second-order valence-electron chi connectivity index (χ2n) is 5.42. The topological polar surface area (TPSA) is 53.1 Å². The van der Waals surface area contributed by atoms with E-state index < -0.39 is 8.07 Å². The summed E-state index contributed by atoms with van der Waals surface area (Å²) < 4.78 is 7.38. The molecule has 0 aliphatic rings. The summed E-state index contributed by atoms with van der Waals surface area (Å²) in [6, 6.07) is 3.12. The molecular formula is C11H23N3OSi. The summed E-state index contributed by atoms with van der Waals surface area (Å²) in [5, 5.41) is 4.32. The molecule has 0 radical (unpaired) electrons. The summed E-state index contributed by atoms with van der Waals surface area (Å²) in [6.45, 7) is 10.3. The van der Waals surface area contributed by atoms with Crippen LogP contribution in [0.2, 0.25) is 25.7 Å². The number of nitrogens with zero attached hydrogens (tertiary/aromatic N) is 2. The third kappa shape index (κ3) is 4.91. The minimum atomic E-state index is -0.983. The molecule has 1 heterocycles. The van der Waals surface area contributed by atoms with E-state index in [2.05, 4.69) is 24.7 Å². The Bertz CT molecular complexity index is 317. The molecule has 1 atom stereocenters. The Morgan fingerprint density at radius 1 is 1.50 bits per heavy atom. The normalized spacial score (nSPS) is 14.1. The first kappa shape index (κ1) is 13.4. The number of aromatic nitrogens is 2. The van der Waals surface area contributed by atoms with Gasteiger partial charge < -0.3 is 10.5 Å². The van der Waals surface area contributed by atoms with Crippen molar-refractivity contribution >= 4 is 8.07 Å². The molecular weight excluding hydrogens is 218 g/mol. The van der Waals surface area contributed by atoms with Gasteiger partial charge in [-0.3, -0.25) is 0 Å². The SMILES string of the molecule is CC(N)c1ccn(COCC[Si](C)(C)C)n1. The van der Waals surface area contributed by atoms with E-state index in [1.54, 1.807) is 4.68 Å². The van der Waals surface area contributed by atoms with E-state index in [0.29, 0.717) is 6.73 Å². The first-order valence-corrected chi connectivity index (χ1v) is 9.46. The van der Waals surface area contributed by atoms with Crippen molar-refractivity contribution in [3.05, 3.63) is 18.0 Å². The smallest absolute Gasteiger partial charge is 0.139 e. The Hall–Kier alpha value is -0.653. The van der Waals surface area contributed by atoms with Gasteiger partial charge >= 0.3 is 0 Å². The first-order chi connectivity index (χ1) is 7.38. The van der Waals surface area contributed by atoms with Crippen LogP contribution in [0.4, 0.5) is 0 Å². The van der Waals surface area contributed by atoms with Crippen LogP contribution in [0.5, 0.6) is 0 Å². The summed E-state index contributed by atoms with van der Waals surface area (Å²) >= 11 is 0. The molecule has 0 bridgehead atoms. The molecule has 2 N–H and O–H groups in total. The molecule has 0 amide bonds. The Kier molecular flexibility index (Phi) is 4.70. The zero-order valence-corrected chi connectivity index (χ0v) is 11.7. The zero-order chi connectivity index (χ0) is 12.2. The molecule has 1 unspecified atom stereocenters. The van der Waals surface area contributed by atoms with Crippen molar-refractivity contribution < 1.29 is 4.74 Å². The third-order valence-electron chi connectivity index (χ3n) is 2.35. The van der Waals surface area contributed by atoms with E-state index in [1.807, 2.05) is 19.2 Å². The van der Waals surface area contributed by atoms with Crippen LogP contribution in [0.15, 0.2) is 12.3 Å². The van der Waals surface area contributed by atoms with Gasteiger partial charge in [0.05, 0.1) is 5.69 Å². The molecule has 0 aliphatic carbocycles. The number of ether oxygens (including phenoxy) is 1. The van der Waals surface area contributed by atoms with Gasteiger partial charge in [0.2, 0.25) is 0 Å². The highest BCUT2D eigenvalue weighted by molar-refractivity contribution is 6.76. The lowest BCUT2D eigenvalue weighted by Crippen LogP contribution is -2.22. The van der Waals surface area contributed by atoms with E-state index in [-0.39, 0.29) is 6.04 Å². The maximum Gasteiger partial charge on any atom is 0.139 e. The Labute approximate surface area is 98.8 Å². The summed E-state index contributed by atoms with van der Waals surface area (Å²) in [5.41, 5.74) is 6.64. The van der Waals surface area contributed by atoms with Crippen molar-refractivity contribution in [2.45, 2.75) is 45.4 Å². The summed E-state index contributed by atoms with van der Waals surface area (Å²) in [5.74, 6) is 0. The minimum absolute atomic E-state index is 0.0109. The third-order valence-corrected chi connectivity index (χ3v) is 4.05. The zero-order valence-electron chi connectivity index (χ0n) is 10.7. The second-order valence-corrected chi connectivity index (χ2v) is 11.0. The van der Waals surface area contributed by atoms with E-state index in [9.17, 15) is 0 Å². The summed E-state index contributed by atoms with van der Waals surface area (Å²) in [4.78, 5) is 0. The Morgan fingerprint density at radius 3 is 2.69 bits per heavy atom. The molecule has 0 spiro atoms. The molecule has 0 fully saturated rings. The molecule has 1 rings (SSSR count). The molecule has 1 aromatic heterocycles. The quantitative estimate of drug-likeness (QED) is 0.614. The average Bonchev–Trinajstić information content (AvgIpc) is 2.59. The van der Waals surface area contributed by atoms with Crippen LogP contribution in [0.3, 0.4) is 0 Å². The lowest BCUT2D eigenvalue weighted by molar-refractivity contribution is 0.0782. The van der Waals surface area contributed by atoms with Crippen molar-refractivity contribution in [2.75, 3.05) is 6.61 Å². The minimum Gasteiger partial charge on any atom is -0.360 e. The molecule has 0 saturated carbocycles. The summed E-state index contributed by atoms with van der Waals surface area (Å²) in [7, 11) is -0.983. The molecule has 92 valence electrons. The monoisotopic (exact) mass is 241 g/mol. The standard InChI is InChI=1S/C11H23N3OSi/c1-10(12)11-5-6-14(13-11)9-15-7-8-16(2,3)4/h5-6,10H,7-9,12H2,1-4H3. The number of rotatable bonds is 6. The highest BCUT2D eigenvalue weighted by atomic mass is 28.3. The van der Waals surface area contributed by atoms with Gasteiger partial charge in [-0.15, -0.1) is 0 Å². The van der Waals surface area contributed by atoms with E-state index in [1.165, 1.54) is 6.04 Å². The highest BCUT2D eigenvalue weighted by Crippen LogP contribution is 2.08. The molecule has 0 aliphatic heterocycles. The number of nitrogens with two attached hydrogens (primary N) is 1. The molecule has 0 saturated heterocycles. The van der Waals surface area contributed by atoms with E-state index >= 15 is 0 Å². The van der Waals surface area contributed by atoms with Gasteiger partial charge in [0.15, 0.2) is 0 Å². The van der Waals surface area contributed by atoms with Crippen LogP contribution >= 0.6 is 0 Å². The molecule has 0 aromatic carbocycles. The van der Waals surface area contributed by atoms with Crippen molar-refractivity contribution in [1.82, 2.24) is 9.78 Å². The van der Waals surface area contributed by atoms with Gasteiger partial charge in [0.1, 0.15) is 6.73 Å². The predicted octanol–water partition coefficient (Wildman–Crippen LogP) is 2.22. The fourth-order valence-electron chi connectivity index (χ4n) is 1.23. The lowest BCUT2D eigenvalue weighted by atomic mass is 10.3. The van der Waals surface area contributed by atoms with Crippen LogP contribution in [-0.2, 0) is 11.5 Å². The fourth-order valence-corrected chi connectivity index (χ4v) is 1.99. The van der Waals surface area contributed by atoms with Crippen LogP contribution in [0.25, 0.3) is 0 Å². The predicted molar refractivity (Wildman–Crippen MR) is 68.9 cm³/mol. The van der Waals surface area contributed by atoms with E-state index in [4.69, 9.17) is 10.5 Å². The fraction of sp³-hybridized carbons (Fsp3) is 0.727. The van der Waals surface area contributed by atoms with Gasteiger partial charge in [-0.1, -0.05) is 19.6 Å². The average molecular weight is 241 g/mol. The van der Waals surface area contributed by atoms with Gasteiger partial charge in [-0.2, -0.15) is 5.10 Å². The van der Waals surface area contributed by atoms with Crippen LogP contribution < -0.4 is 5.73 Å². The molecule has 5 heteroatoms. The second kappa shape index (κ2) is 5.61. The lowest BCUT2D eigenvalue weighted by Gasteiger charge is -2.15. The number of hydrogen-bond donors (Lipinski definition) is 1.